The van der Waals surface area contributed by atoms with Crippen molar-refractivity contribution in [1.29, 1.82) is 0 Å². The summed E-state index contributed by atoms with van der Waals surface area (Å²) in [4.78, 5) is 24.9. The molecule has 8 heteroatoms. The zero-order valence-electron chi connectivity index (χ0n) is 24.2. The van der Waals surface area contributed by atoms with Gasteiger partial charge in [-0.3, -0.25) is 4.57 Å². The highest BCUT2D eigenvalue weighted by molar-refractivity contribution is 14.1. The number of carbonyl (C=O) groups is 1. The number of rotatable bonds is 12. The predicted octanol–water partition coefficient (Wildman–Crippen LogP) is 6.76. The minimum absolute atomic E-state index is 0.0791. The summed E-state index contributed by atoms with van der Waals surface area (Å²) in [5.41, 5.74) is 5.42. The smallest absolute Gasteiger partial charge is 0.346 e. The maximum absolute atomic E-state index is 13.1. The molecular formula is C33H38IN3O4. The number of aromatic carboxylic acids is 1. The summed E-state index contributed by atoms with van der Waals surface area (Å²) in [6, 6.07) is 21.9. The zero-order chi connectivity index (χ0) is 29.6. The van der Waals surface area contributed by atoms with Crippen molar-refractivity contribution in [2.75, 3.05) is 11.0 Å². The fourth-order valence-corrected chi connectivity index (χ4v) is 5.10. The minimum Gasteiger partial charge on any atom is -0.492 e. The number of aromatic nitrogens is 3. The number of alkyl halides is 1. The molecule has 0 aliphatic carbocycles. The lowest BCUT2D eigenvalue weighted by Gasteiger charge is -2.19. The Bertz CT molecular complexity index is 1550. The molecule has 0 fully saturated rings. The van der Waals surface area contributed by atoms with Crippen LogP contribution in [0.4, 0.5) is 0 Å². The summed E-state index contributed by atoms with van der Waals surface area (Å²) in [6.45, 7) is 10.0. The Hall–Kier alpha value is -3.40. The van der Waals surface area contributed by atoms with Crippen LogP contribution in [-0.4, -0.2) is 36.5 Å². The topological polar surface area (TPSA) is 86.3 Å². The molecule has 0 unspecified atom stereocenters. The van der Waals surface area contributed by atoms with Crippen molar-refractivity contribution in [2.45, 2.75) is 65.5 Å². The molecule has 0 spiro atoms. The lowest BCUT2D eigenvalue weighted by Crippen LogP contribution is -2.25. The van der Waals surface area contributed by atoms with Crippen LogP contribution in [-0.2, 0) is 31.3 Å². The highest BCUT2D eigenvalue weighted by atomic mass is 127. The molecule has 0 radical (unpaired) electrons. The van der Waals surface area contributed by atoms with Gasteiger partial charge in [0, 0.05) is 17.4 Å². The van der Waals surface area contributed by atoms with E-state index in [9.17, 15) is 14.7 Å². The first-order valence-corrected chi connectivity index (χ1v) is 15.5. The van der Waals surface area contributed by atoms with Gasteiger partial charge in [0.1, 0.15) is 17.1 Å². The summed E-state index contributed by atoms with van der Waals surface area (Å²) in [5, 5.41) is 14.4. The Labute approximate surface area is 255 Å². The van der Waals surface area contributed by atoms with Crippen molar-refractivity contribution in [3.05, 3.63) is 105 Å². The molecule has 41 heavy (non-hydrogen) atoms. The highest BCUT2D eigenvalue weighted by Crippen LogP contribution is 2.28. The van der Waals surface area contributed by atoms with Crippen LogP contribution >= 0.6 is 22.6 Å². The number of benzene rings is 3. The van der Waals surface area contributed by atoms with Crippen LogP contribution in [0.5, 0.6) is 5.75 Å². The molecular weight excluding hydrogens is 629 g/mol. The van der Waals surface area contributed by atoms with Crippen LogP contribution in [0.15, 0.2) is 71.5 Å². The second-order valence-corrected chi connectivity index (χ2v) is 12.2. The van der Waals surface area contributed by atoms with Gasteiger partial charge in [-0.2, -0.15) is 5.10 Å². The van der Waals surface area contributed by atoms with Gasteiger partial charge in [-0.25, -0.2) is 14.3 Å². The van der Waals surface area contributed by atoms with Crippen molar-refractivity contribution in [3.8, 4) is 16.9 Å². The Morgan fingerprint density at radius 2 is 1.71 bits per heavy atom. The van der Waals surface area contributed by atoms with E-state index in [0.29, 0.717) is 31.9 Å². The first kappa shape index (κ1) is 30.6. The van der Waals surface area contributed by atoms with Crippen LogP contribution < -0.4 is 10.4 Å². The van der Waals surface area contributed by atoms with E-state index < -0.39 is 5.97 Å². The van der Waals surface area contributed by atoms with Crippen molar-refractivity contribution < 1.29 is 14.6 Å². The number of hydrogen-bond donors (Lipinski definition) is 1. The summed E-state index contributed by atoms with van der Waals surface area (Å²) in [5.74, 6) is 0.181. The van der Waals surface area contributed by atoms with Gasteiger partial charge in [0.2, 0.25) is 0 Å². The van der Waals surface area contributed by atoms with Crippen molar-refractivity contribution in [2.24, 2.45) is 0 Å². The van der Waals surface area contributed by atoms with Gasteiger partial charge < -0.3 is 9.84 Å². The van der Waals surface area contributed by atoms with Gasteiger partial charge in [-0.1, -0.05) is 98.0 Å². The molecule has 1 heterocycles. The summed E-state index contributed by atoms with van der Waals surface area (Å²) >= 11 is 2.20. The average molecular weight is 668 g/mol. The monoisotopic (exact) mass is 667 g/mol. The molecule has 0 bridgehead atoms. The Kier molecular flexibility index (Phi) is 10.1. The van der Waals surface area contributed by atoms with Crippen molar-refractivity contribution in [1.82, 2.24) is 14.3 Å². The third kappa shape index (κ3) is 7.67. The predicted molar refractivity (Wildman–Crippen MR) is 172 cm³/mol. The van der Waals surface area contributed by atoms with Crippen LogP contribution in [0.3, 0.4) is 0 Å². The molecule has 4 aromatic rings. The number of aryl methyl sites for hydroxylation is 2. The molecule has 0 aliphatic rings. The standard InChI is InChI=1S/C33H38IN3O4/c1-5-36-30(35-37(32(36)40)22-24-12-15-27(16-13-24)33(2,3)4)11-7-9-23-8-6-10-25(20-23)26-14-17-29(41-19-18-34)28(21-26)31(38)39/h6,8,10,12-17,20-21H,5,7,9,11,18-19,22H2,1-4H3,(H,38,39). The van der Waals surface area contributed by atoms with E-state index in [0.717, 1.165) is 45.3 Å². The summed E-state index contributed by atoms with van der Waals surface area (Å²) in [6.07, 6.45) is 2.34. The Balaban J connectivity index is 1.44. The SMILES string of the molecule is CCn1c(CCCc2cccc(-c3ccc(OCCI)c(C(=O)O)c3)c2)nn(Cc2ccc(C(C)(C)C)cc2)c1=O. The van der Waals surface area contributed by atoms with Crippen molar-refractivity contribution >= 4 is 28.6 Å². The van der Waals surface area contributed by atoms with E-state index in [1.807, 2.05) is 25.1 Å². The molecule has 3 aromatic carbocycles. The van der Waals surface area contributed by atoms with E-state index >= 15 is 0 Å². The molecule has 7 nitrogen and oxygen atoms in total. The van der Waals surface area contributed by atoms with Gasteiger partial charge in [0.25, 0.3) is 0 Å². The van der Waals surface area contributed by atoms with E-state index in [1.54, 1.807) is 21.4 Å². The largest absolute Gasteiger partial charge is 0.492 e. The molecule has 0 aliphatic heterocycles. The fourth-order valence-electron chi connectivity index (χ4n) is 4.88. The number of halogens is 1. The number of carboxylic acids is 1. The third-order valence-electron chi connectivity index (χ3n) is 7.14. The van der Waals surface area contributed by atoms with Crippen molar-refractivity contribution in [3.63, 3.8) is 0 Å². The average Bonchev–Trinajstić information content (AvgIpc) is 3.25. The molecule has 4 rings (SSSR count). The summed E-state index contributed by atoms with van der Waals surface area (Å²) < 4.78 is 9.72. The Morgan fingerprint density at radius 1 is 0.976 bits per heavy atom. The lowest BCUT2D eigenvalue weighted by atomic mass is 9.87. The van der Waals surface area contributed by atoms with Crippen LogP contribution in [0.25, 0.3) is 11.1 Å². The van der Waals surface area contributed by atoms with E-state index in [2.05, 4.69) is 79.8 Å². The molecule has 0 saturated heterocycles. The maximum atomic E-state index is 13.1. The zero-order valence-corrected chi connectivity index (χ0v) is 26.3. The van der Waals surface area contributed by atoms with Gasteiger partial charge in [-0.15, -0.1) is 0 Å². The maximum Gasteiger partial charge on any atom is 0.346 e. The highest BCUT2D eigenvalue weighted by Gasteiger charge is 2.16. The van der Waals surface area contributed by atoms with Gasteiger partial charge in [0.05, 0.1) is 13.2 Å². The molecule has 0 amide bonds. The fraction of sp³-hybridized carbons (Fsp3) is 0.364. The number of nitrogens with zero attached hydrogens (tertiary/aromatic N) is 3. The van der Waals surface area contributed by atoms with E-state index in [-0.39, 0.29) is 16.7 Å². The normalized spacial score (nSPS) is 11.5. The summed E-state index contributed by atoms with van der Waals surface area (Å²) in [7, 11) is 0. The second-order valence-electron chi connectivity index (χ2n) is 11.2. The van der Waals surface area contributed by atoms with Gasteiger partial charge in [-0.05, 0) is 65.1 Å². The Morgan fingerprint density at radius 3 is 2.37 bits per heavy atom. The van der Waals surface area contributed by atoms with Gasteiger partial charge >= 0.3 is 11.7 Å². The van der Waals surface area contributed by atoms with Gasteiger partial charge in [0.15, 0.2) is 0 Å². The van der Waals surface area contributed by atoms with E-state index in [1.165, 1.54) is 5.56 Å². The van der Waals surface area contributed by atoms with E-state index in [4.69, 9.17) is 9.84 Å². The number of hydrogen-bond acceptors (Lipinski definition) is 4. The number of ether oxygens (including phenoxy) is 1. The third-order valence-corrected chi connectivity index (χ3v) is 7.58. The lowest BCUT2D eigenvalue weighted by molar-refractivity contribution is 0.0692. The van der Waals surface area contributed by atoms with Crippen LogP contribution in [0.2, 0.25) is 0 Å². The molecule has 1 aromatic heterocycles. The van der Waals surface area contributed by atoms with Crippen LogP contribution in [0.1, 0.15) is 67.0 Å². The molecule has 0 saturated carbocycles. The molecule has 0 atom stereocenters. The molecule has 1 N–H and O–H groups in total. The number of carboxylic acid groups (broad SMARTS) is 1. The first-order valence-electron chi connectivity index (χ1n) is 14.0. The second kappa shape index (κ2) is 13.5. The minimum atomic E-state index is -1.00. The van der Waals surface area contributed by atoms with Crippen LogP contribution in [0, 0.1) is 0 Å². The molecule has 216 valence electrons. The first-order chi connectivity index (χ1) is 19.6. The quantitative estimate of drug-likeness (QED) is 0.133.